The van der Waals surface area contributed by atoms with Crippen LogP contribution >= 0.6 is 0 Å². The summed E-state index contributed by atoms with van der Waals surface area (Å²) in [5, 5.41) is 14.5. The summed E-state index contributed by atoms with van der Waals surface area (Å²) < 4.78 is 16.1. The summed E-state index contributed by atoms with van der Waals surface area (Å²) in [5.74, 6) is 0.565. The zero-order valence-corrected chi connectivity index (χ0v) is 10.9. The SMILES string of the molecule is COc1ccc(C2=NO[C@H]3[C@@H]2[C@@H](O)[C@H]2OC[C@H]3O2)cc1. The number of oxime groups is 1. The van der Waals surface area contributed by atoms with E-state index >= 15 is 0 Å². The van der Waals surface area contributed by atoms with Gasteiger partial charge in [-0.3, -0.25) is 0 Å². The molecule has 0 spiro atoms. The van der Waals surface area contributed by atoms with Gasteiger partial charge < -0.3 is 24.2 Å². The molecule has 2 saturated heterocycles. The van der Waals surface area contributed by atoms with Gasteiger partial charge in [-0.15, -0.1) is 0 Å². The van der Waals surface area contributed by atoms with E-state index in [1.54, 1.807) is 7.11 Å². The Labute approximate surface area is 115 Å². The molecule has 3 heterocycles. The first-order chi connectivity index (χ1) is 9.78. The molecule has 5 atom stereocenters. The van der Waals surface area contributed by atoms with E-state index in [9.17, 15) is 5.11 Å². The Kier molecular flexibility index (Phi) is 2.70. The third-order valence-corrected chi connectivity index (χ3v) is 4.08. The summed E-state index contributed by atoms with van der Waals surface area (Å²) in [6.45, 7) is 0.439. The van der Waals surface area contributed by atoms with E-state index in [-0.39, 0.29) is 18.1 Å². The van der Waals surface area contributed by atoms with Crippen molar-refractivity contribution >= 4 is 5.71 Å². The third kappa shape index (κ3) is 1.65. The second kappa shape index (κ2) is 4.44. The van der Waals surface area contributed by atoms with Gasteiger partial charge in [0.05, 0.1) is 25.3 Å². The lowest BCUT2D eigenvalue weighted by molar-refractivity contribution is -0.197. The van der Waals surface area contributed by atoms with Gasteiger partial charge >= 0.3 is 0 Å². The summed E-state index contributed by atoms with van der Waals surface area (Å²) in [4.78, 5) is 5.47. The lowest BCUT2D eigenvalue weighted by Crippen LogP contribution is -2.51. The number of nitrogens with zero attached hydrogens (tertiary/aromatic N) is 1. The molecule has 6 nitrogen and oxygen atoms in total. The molecule has 1 aromatic rings. The first-order valence-electron chi connectivity index (χ1n) is 6.61. The van der Waals surface area contributed by atoms with E-state index < -0.39 is 12.4 Å². The number of aliphatic hydroxyl groups excluding tert-OH is 1. The fourth-order valence-electron chi connectivity index (χ4n) is 3.02. The first kappa shape index (κ1) is 12.1. The van der Waals surface area contributed by atoms with E-state index in [0.29, 0.717) is 6.61 Å². The van der Waals surface area contributed by atoms with Crippen molar-refractivity contribution in [2.24, 2.45) is 11.1 Å². The summed E-state index contributed by atoms with van der Waals surface area (Å²) in [6.07, 6.45) is -1.78. The van der Waals surface area contributed by atoms with Gasteiger partial charge in [-0.1, -0.05) is 5.16 Å². The standard InChI is InChI=1S/C14H15NO5/c1-17-8-4-2-7(3-5-8)11-10-12(16)14-18-6-9(19-14)13(10)20-15-11/h2-5,9-10,12-14,16H,6H2,1H3/t9-,10+,12-,13-,14+/m1/s1. The van der Waals surface area contributed by atoms with E-state index in [4.69, 9.17) is 19.0 Å². The summed E-state index contributed by atoms with van der Waals surface area (Å²) in [7, 11) is 1.62. The smallest absolute Gasteiger partial charge is 0.184 e. The largest absolute Gasteiger partial charge is 0.497 e. The average molecular weight is 277 g/mol. The monoisotopic (exact) mass is 277 g/mol. The first-order valence-corrected chi connectivity index (χ1v) is 6.61. The molecule has 20 heavy (non-hydrogen) atoms. The van der Waals surface area contributed by atoms with Gasteiger partial charge in [0, 0.05) is 5.56 Å². The molecule has 0 radical (unpaired) electrons. The van der Waals surface area contributed by atoms with Gasteiger partial charge in [0.15, 0.2) is 12.4 Å². The van der Waals surface area contributed by atoms with Gasteiger partial charge in [0.25, 0.3) is 0 Å². The fraction of sp³-hybridized carbons (Fsp3) is 0.500. The number of rotatable bonds is 2. The van der Waals surface area contributed by atoms with Crippen LogP contribution in [0.1, 0.15) is 5.56 Å². The zero-order chi connectivity index (χ0) is 13.7. The number of aliphatic hydroxyl groups is 1. The van der Waals surface area contributed by atoms with Gasteiger partial charge in [-0.05, 0) is 24.3 Å². The predicted octanol–water partition coefficient (Wildman–Crippen LogP) is 0.530. The van der Waals surface area contributed by atoms with Crippen molar-refractivity contribution in [3.05, 3.63) is 29.8 Å². The molecule has 0 aromatic heterocycles. The molecule has 4 rings (SSSR count). The Balaban J connectivity index is 1.65. The lowest BCUT2D eigenvalue weighted by atomic mass is 9.84. The highest BCUT2D eigenvalue weighted by Crippen LogP contribution is 2.39. The van der Waals surface area contributed by atoms with Gasteiger partial charge in [0.2, 0.25) is 0 Å². The number of ether oxygens (including phenoxy) is 3. The maximum Gasteiger partial charge on any atom is 0.184 e. The predicted molar refractivity (Wildman–Crippen MR) is 68.5 cm³/mol. The molecule has 0 saturated carbocycles. The number of benzene rings is 1. The summed E-state index contributed by atoms with van der Waals surface area (Å²) in [6, 6.07) is 7.55. The molecule has 1 aromatic carbocycles. The van der Waals surface area contributed by atoms with Gasteiger partial charge in [0.1, 0.15) is 18.0 Å². The Morgan fingerprint density at radius 2 is 2.10 bits per heavy atom. The van der Waals surface area contributed by atoms with Crippen LogP contribution in [0.4, 0.5) is 0 Å². The van der Waals surface area contributed by atoms with Crippen LogP contribution in [-0.4, -0.2) is 49.1 Å². The zero-order valence-electron chi connectivity index (χ0n) is 10.9. The van der Waals surface area contributed by atoms with Crippen LogP contribution in [0.15, 0.2) is 29.4 Å². The highest BCUT2D eigenvalue weighted by atomic mass is 16.8. The molecule has 0 aliphatic carbocycles. The van der Waals surface area contributed by atoms with Crippen LogP contribution in [0.25, 0.3) is 0 Å². The maximum atomic E-state index is 10.4. The van der Waals surface area contributed by atoms with Crippen LogP contribution < -0.4 is 4.74 Å². The van der Waals surface area contributed by atoms with Crippen molar-refractivity contribution in [1.82, 2.24) is 0 Å². The normalized spacial score (nSPS) is 38.1. The topological polar surface area (TPSA) is 69.5 Å². The molecule has 0 amide bonds. The second-order valence-electron chi connectivity index (χ2n) is 5.17. The van der Waals surface area contributed by atoms with E-state index in [1.165, 1.54) is 0 Å². The highest BCUT2D eigenvalue weighted by molar-refractivity contribution is 6.03. The molecule has 106 valence electrons. The van der Waals surface area contributed by atoms with Gasteiger partial charge in [-0.25, -0.2) is 0 Å². The molecule has 0 unspecified atom stereocenters. The fourth-order valence-corrected chi connectivity index (χ4v) is 3.02. The molecule has 2 bridgehead atoms. The molecule has 6 heteroatoms. The minimum atomic E-state index is -0.762. The van der Waals surface area contributed by atoms with Crippen molar-refractivity contribution in [3.63, 3.8) is 0 Å². The Morgan fingerprint density at radius 1 is 1.30 bits per heavy atom. The van der Waals surface area contributed by atoms with Gasteiger partial charge in [-0.2, -0.15) is 0 Å². The number of fused-ring (bicyclic) bond motifs is 4. The highest BCUT2D eigenvalue weighted by Gasteiger charge is 2.56. The molecular formula is C14H15NO5. The van der Waals surface area contributed by atoms with E-state index in [2.05, 4.69) is 5.16 Å². The number of hydrogen-bond donors (Lipinski definition) is 1. The Morgan fingerprint density at radius 3 is 2.85 bits per heavy atom. The van der Waals surface area contributed by atoms with Crippen molar-refractivity contribution in [3.8, 4) is 5.75 Å². The molecule has 3 aliphatic rings. The number of methoxy groups -OCH3 is 1. The minimum Gasteiger partial charge on any atom is -0.497 e. The van der Waals surface area contributed by atoms with Crippen molar-refractivity contribution < 1.29 is 24.2 Å². The lowest BCUT2D eigenvalue weighted by Gasteiger charge is -2.32. The van der Waals surface area contributed by atoms with E-state index in [1.807, 2.05) is 24.3 Å². The Bertz CT molecular complexity index is 543. The van der Waals surface area contributed by atoms with Crippen LogP contribution in [-0.2, 0) is 14.3 Å². The number of hydrogen-bond acceptors (Lipinski definition) is 6. The van der Waals surface area contributed by atoms with Crippen molar-refractivity contribution in [2.75, 3.05) is 13.7 Å². The Hall–Kier alpha value is -1.63. The third-order valence-electron chi connectivity index (χ3n) is 4.08. The van der Waals surface area contributed by atoms with Crippen molar-refractivity contribution in [1.29, 1.82) is 0 Å². The van der Waals surface area contributed by atoms with Crippen LogP contribution in [0.5, 0.6) is 5.75 Å². The molecule has 2 fully saturated rings. The molecule has 3 aliphatic heterocycles. The van der Waals surface area contributed by atoms with Crippen molar-refractivity contribution in [2.45, 2.75) is 24.6 Å². The molecule has 1 N–H and O–H groups in total. The average Bonchev–Trinajstić information content (AvgIpc) is 3.11. The van der Waals surface area contributed by atoms with Crippen LogP contribution in [0.2, 0.25) is 0 Å². The van der Waals surface area contributed by atoms with E-state index in [0.717, 1.165) is 17.0 Å². The minimum absolute atomic E-state index is 0.159. The maximum absolute atomic E-state index is 10.4. The quantitative estimate of drug-likeness (QED) is 0.854. The summed E-state index contributed by atoms with van der Waals surface area (Å²) in [5.41, 5.74) is 1.66. The summed E-state index contributed by atoms with van der Waals surface area (Å²) >= 11 is 0. The van der Waals surface area contributed by atoms with Crippen LogP contribution in [0, 0.1) is 5.92 Å². The van der Waals surface area contributed by atoms with Crippen LogP contribution in [0.3, 0.4) is 0 Å². The second-order valence-corrected chi connectivity index (χ2v) is 5.17. The molecular weight excluding hydrogens is 262 g/mol.